The summed E-state index contributed by atoms with van der Waals surface area (Å²) in [6.45, 7) is 5.60. The van der Waals surface area contributed by atoms with Crippen LogP contribution >= 0.6 is 0 Å². The predicted octanol–water partition coefficient (Wildman–Crippen LogP) is 2.85. The van der Waals surface area contributed by atoms with Crippen LogP contribution in [0.15, 0.2) is 0 Å². The monoisotopic (exact) mass is 246 g/mol. The lowest BCUT2D eigenvalue weighted by molar-refractivity contribution is -0.151. The first-order chi connectivity index (χ1) is 8.22. The molecule has 0 heterocycles. The first-order valence-electron chi connectivity index (χ1n) is 6.64. The molecule has 0 saturated carbocycles. The molecule has 0 aliphatic carbocycles. The Balaban J connectivity index is 3.33. The van der Waals surface area contributed by atoms with Gasteiger partial charge in [-0.15, -0.1) is 0 Å². The maximum atomic E-state index is 10.7. The second kappa shape index (κ2) is 11.9. The van der Waals surface area contributed by atoms with Gasteiger partial charge in [-0.2, -0.15) is 0 Å². The fourth-order valence-electron chi connectivity index (χ4n) is 1.58. The molecule has 0 aromatic rings. The van der Waals surface area contributed by atoms with Gasteiger partial charge in [-0.05, 0) is 13.3 Å². The zero-order chi connectivity index (χ0) is 12.9. The first kappa shape index (κ1) is 16.4. The molecular formula is C13H26O4. The molecule has 0 fully saturated rings. The summed E-state index contributed by atoms with van der Waals surface area (Å²) in [4.78, 5) is 10.7. The Morgan fingerprint density at radius 3 is 2.41 bits per heavy atom. The van der Waals surface area contributed by atoms with E-state index in [9.17, 15) is 4.79 Å². The average molecular weight is 246 g/mol. The van der Waals surface area contributed by atoms with Crippen LogP contribution in [-0.4, -0.2) is 37.0 Å². The summed E-state index contributed by atoms with van der Waals surface area (Å²) >= 11 is 0. The van der Waals surface area contributed by atoms with E-state index in [-0.39, 0.29) is 0 Å². The Bertz CT molecular complexity index is 182. The van der Waals surface area contributed by atoms with Crippen molar-refractivity contribution in [3.8, 4) is 0 Å². The molecule has 0 bridgehead atoms. The Hall–Kier alpha value is -0.610. The number of aliphatic carboxylic acids is 1. The van der Waals surface area contributed by atoms with E-state index in [2.05, 4.69) is 6.92 Å². The molecule has 1 unspecified atom stereocenters. The van der Waals surface area contributed by atoms with Crippen LogP contribution in [0.1, 0.15) is 52.4 Å². The summed E-state index contributed by atoms with van der Waals surface area (Å²) in [5, 5.41) is 8.82. The minimum atomic E-state index is -0.904. The number of rotatable bonds is 12. The van der Waals surface area contributed by atoms with E-state index in [0.29, 0.717) is 19.6 Å². The third-order valence-electron chi connectivity index (χ3n) is 2.56. The molecule has 0 aliphatic heterocycles. The van der Waals surface area contributed by atoms with E-state index < -0.39 is 12.1 Å². The lowest BCUT2D eigenvalue weighted by Gasteiger charge is -2.12. The number of unbranched alkanes of at least 4 members (excludes halogenated alkanes) is 4. The predicted molar refractivity (Wildman–Crippen MR) is 67.2 cm³/mol. The second-order valence-electron chi connectivity index (χ2n) is 4.10. The van der Waals surface area contributed by atoms with Crippen LogP contribution in [0.5, 0.6) is 0 Å². The van der Waals surface area contributed by atoms with Gasteiger partial charge in [-0.25, -0.2) is 4.79 Å². The number of hydrogen-bond acceptors (Lipinski definition) is 3. The number of carboxylic acids is 1. The molecule has 17 heavy (non-hydrogen) atoms. The van der Waals surface area contributed by atoms with Gasteiger partial charge in [0.25, 0.3) is 0 Å². The SMILES string of the molecule is CCCCCCCOCCC(OCC)C(=O)O. The smallest absolute Gasteiger partial charge is 0.332 e. The van der Waals surface area contributed by atoms with E-state index in [1.807, 2.05) is 0 Å². The van der Waals surface area contributed by atoms with Crippen molar-refractivity contribution in [1.82, 2.24) is 0 Å². The van der Waals surface area contributed by atoms with Gasteiger partial charge in [0.15, 0.2) is 6.10 Å². The van der Waals surface area contributed by atoms with Crippen molar-refractivity contribution in [3.63, 3.8) is 0 Å². The molecular weight excluding hydrogens is 220 g/mol. The molecule has 0 spiro atoms. The highest BCUT2D eigenvalue weighted by molar-refractivity contribution is 5.72. The van der Waals surface area contributed by atoms with Crippen LogP contribution in [0.3, 0.4) is 0 Å². The average Bonchev–Trinajstić information content (AvgIpc) is 2.31. The molecule has 0 rings (SSSR count). The lowest BCUT2D eigenvalue weighted by Crippen LogP contribution is -2.25. The van der Waals surface area contributed by atoms with Gasteiger partial charge in [0.05, 0.1) is 0 Å². The molecule has 0 aromatic carbocycles. The summed E-state index contributed by atoms with van der Waals surface area (Å²) in [6.07, 6.45) is 5.75. The van der Waals surface area contributed by atoms with Gasteiger partial charge in [0.1, 0.15) is 0 Å². The molecule has 1 N–H and O–H groups in total. The van der Waals surface area contributed by atoms with Crippen molar-refractivity contribution in [2.75, 3.05) is 19.8 Å². The highest BCUT2D eigenvalue weighted by Gasteiger charge is 2.16. The maximum absolute atomic E-state index is 10.7. The van der Waals surface area contributed by atoms with Crippen LogP contribution in [-0.2, 0) is 14.3 Å². The topological polar surface area (TPSA) is 55.8 Å². The van der Waals surface area contributed by atoms with E-state index in [0.717, 1.165) is 13.0 Å². The zero-order valence-corrected chi connectivity index (χ0v) is 11.1. The number of carboxylic acid groups (broad SMARTS) is 1. The zero-order valence-electron chi connectivity index (χ0n) is 11.1. The van der Waals surface area contributed by atoms with Crippen molar-refractivity contribution >= 4 is 5.97 Å². The van der Waals surface area contributed by atoms with Crippen LogP contribution in [0.25, 0.3) is 0 Å². The molecule has 0 aliphatic rings. The van der Waals surface area contributed by atoms with Crippen LogP contribution in [0, 0.1) is 0 Å². The quantitative estimate of drug-likeness (QED) is 0.538. The molecule has 0 radical (unpaired) electrons. The maximum Gasteiger partial charge on any atom is 0.332 e. The standard InChI is InChI=1S/C13H26O4/c1-3-5-6-7-8-10-16-11-9-12(13(14)15)17-4-2/h12H,3-11H2,1-2H3,(H,14,15). The van der Waals surface area contributed by atoms with Crippen LogP contribution in [0.2, 0.25) is 0 Å². The van der Waals surface area contributed by atoms with E-state index in [1.165, 1.54) is 25.7 Å². The third kappa shape index (κ3) is 10.3. The highest BCUT2D eigenvalue weighted by atomic mass is 16.5. The summed E-state index contributed by atoms with van der Waals surface area (Å²) in [7, 11) is 0. The number of hydrogen-bond donors (Lipinski definition) is 1. The van der Waals surface area contributed by atoms with Crippen molar-refractivity contribution in [2.24, 2.45) is 0 Å². The Morgan fingerprint density at radius 2 is 1.82 bits per heavy atom. The molecule has 4 heteroatoms. The summed E-state index contributed by atoms with van der Waals surface area (Å²) in [6, 6.07) is 0. The minimum absolute atomic E-state index is 0.425. The lowest BCUT2D eigenvalue weighted by atomic mass is 10.2. The normalized spacial score (nSPS) is 12.6. The highest BCUT2D eigenvalue weighted by Crippen LogP contribution is 2.04. The van der Waals surface area contributed by atoms with E-state index in [4.69, 9.17) is 14.6 Å². The van der Waals surface area contributed by atoms with Gasteiger partial charge in [-0.1, -0.05) is 32.6 Å². The molecule has 0 saturated heterocycles. The molecule has 4 nitrogen and oxygen atoms in total. The van der Waals surface area contributed by atoms with Gasteiger partial charge in [0, 0.05) is 26.2 Å². The Labute approximate surface area is 104 Å². The second-order valence-corrected chi connectivity index (χ2v) is 4.10. The number of carbonyl (C=O) groups is 1. The van der Waals surface area contributed by atoms with Crippen molar-refractivity contribution in [3.05, 3.63) is 0 Å². The minimum Gasteiger partial charge on any atom is -0.479 e. The molecule has 0 amide bonds. The molecule has 102 valence electrons. The van der Waals surface area contributed by atoms with E-state index in [1.54, 1.807) is 6.92 Å². The molecule has 0 aromatic heterocycles. The first-order valence-corrected chi connectivity index (χ1v) is 6.64. The fraction of sp³-hybridized carbons (Fsp3) is 0.923. The van der Waals surface area contributed by atoms with Crippen molar-refractivity contribution < 1.29 is 19.4 Å². The Kier molecular flexibility index (Phi) is 11.4. The molecule has 1 atom stereocenters. The third-order valence-corrected chi connectivity index (χ3v) is 2.56. The van der Waals surface area contributed by atoms with Gasteiger partial charge >= 0.3 is 5.97 Å². The van der Waals surface area contributed by atoms with Crippen molar-refractivity contribution in [1.29, 1.82) is 0 Å². The Morgan fingerprint density at radius 1 is 1.12 bits per heavy atom. The summed E-state index contributed by atoms with van der Waals surface area (Å²) in [5.74, 6) is -0.904. The van der Waals surface area contributed by atoms with Gasteiger partial charge in [0.2, 0.25) is 0 Å². The fourth-order valence-corrected chi connectivity index (χ4v) is 1.58. The van der Waals surface area contributed by atoms with Gasteiger partial charge < -0.3 is 14.6 Å². The van der Waals surface area contributed by atoms with Crippen LogP contribution < -0.4 is 0 Å². The summed E-state index contributed by atoms with van der Waals surface area (Å²) < 4.78 is 10.5. The largest absolute Gasteiger partial charge is 0.479 e. The summed E-state index contributed by atoms with van der Waals surface area (Å²) in [5.41, 5.74) is 0. The van der Waals surface area contributed by atoms with Crippen molar-refractivity contribution in [2.45, 2.75) is 58.5 Å². The van der Waals surface area contributed by atoms with Gasteiger partial charge in [-0.3, -0.25) is 0 Å². The van der Waals surface area contributed by atoms with E-state index >= 15 is 0 Å². The van der Waals surface area contributed by atoms with Crippen LogP contribution in [0.4, 0.5) is 0 Å². The number of ether oxygens (including phenoxy) is 2.